The molecular formula is C16H15N3O. The Bertz CT molecular complexity index is 709. The van der Waals surface area contributed by atoms with Crippen molar-refractivity contribution in [3.05, 3.63) is 54.4 Å². The van der Waals surface area contributed by atoms with Crippen molar-refractivity contribution in [1.29, 1.82) is 0 Å². The molecule has 100 valence electrons. The molecule has 0 amide bonds. The van der Waals surface area contributed by atoms with Gasteiger partial charge in [-0.05, 0) is 36.4 Å². The second kappa shape index (κ2) is 5.17. The van der Waals surface area contributed by atoms with Gasteiger partial charge in [0.2, 0.25) is 5.89 Å². The predicted octanol–water partition coefficient (Wildman–Crippen LogP) is 3.64. The maximum Gasteiger partial charge on any atom is 0.238 e. The van der Waals surface area contributed by atoms with Gasteiger partial charge in [0.1, 0.15) is 5.52 Å². The van der Waals surface area contributed by atoms with Gasteiger partial charge in [0.15, 0.2) is 5.58 Å². The van der Waals surface area contributed by atoms with Gasteiger partial charge >= 0.3 is 0 Å². The molecule has 0 fully saturated rings. The van der Waals surface area contributed by atoms with Crippen LogP contribution in [-0.2, 0) is 0 Å². The van der Waals surface area contributed by atoms with Gasteiger partial charge in [0, 0.05) is 19.8 Å². The van der Waals surface area contributed by atoms with Crippen molar-refractivity contribution in [2.24, 2.45) is 4.99 Å². The number of anilines is 1. The molecule has 3 rings (SSSR count). The summed E-state index contributed by atoms with van der Waals surface area (Å²) in [6.45, 7) is 0. The largest absolute Gasteiger partial charge is 0.435 e. The van der Waals surface area contributed by atoms with Gasteiger partial charge in [-0.3, -0.25) is 4.99 Å². The molecule has 3 aromatic rings. The number of hydrogen-bond acceptors (Lipinski definition) is 4. The minimum atomic E-state index is 0.517. The zero-order valence-corrected chi connectivity index (χ0v) is 11.4. The maximum absolute atomic E-state index is 5.58. The van der Waals surface area contributed by atoms with Crippen molar-refractivity contribution >= 4 is 28.7 Å². The quantitative estimate of drug-likeness (QED) is 0.679. The number of aromatic nitrogens is 1. The third-order valence-electron chi connectivity index (χ3n) is 3.00. The Morgan fingerprint density at radius 3 is 2.50 bits per heavy atom. The summed E-state index contributed by atoms with van der Waals surface area (Å²) in [7, 11) is 4.02. The fourth-order valence-electron chi connectivity index (χ4n) is 1.91. The second-order valence-corrected chi connectivity index (χ2v) is 4.69. The lowest BCUT2D eigenvalue weighted by molar-refractivity contribution is 0.593. The lowest BCUT2D eigenvalue weighted by atomic mass is 10.3. The monoisotopic (exact) mass is 265 g/mol. The standard InChI is InChI=1S/C16H15N3O/c1-19(2)13-9-7-12(8-10-13)17-11-16-18-14-5-3-4-6-15(14)20-16/h3-11H,1-2H3. The third-order valence-corrected chi connectivity index (χ3v) is 3.00. The van der Waals surface area contributed by atoms with E-state index in [-0.39, 0.29) is 0 Å². The molecule has 20 heavy (non-hydrogen) atoms. The summed E-state index contributed by atoms with van der Waals surface area (Å²) in [6.07, 6.45) is 1.64. The van der Waals surface area contributed by atoms with Crippen molar-refractivity contribution in [3.63, 3.8) is 0 Å². The van der Waals surface area contributed by atoms with Gasteiger partial charge in [-0.15, -0.1) is 0 Å². The average Bonchev–Trinajstić information content (AvgIpc) is 2.88. The Balaban J connectivity index is 1.82. The number of benzene rings is 2. The Kier molecular flexibility index (Phi) is 3.21. The Labute approximate surface area is 117 Å². The number of hydrogen-bond donors (Lipinski definition) is 0. The lowest BCUT2D eigenvalue weighted by Gasteiger charge is -2.11. The minimum Gasteiger partial charge on any atom is -0.435 e. The topological polar surface area (TPSA) is 41.6 Å². The summed E-state index contributed by atoms with van der Waals surface area (Å²) in [4.78, 5) is 10.8. The van der Waals surface area contributed by atoms with Crippen LogP contribution in [0.3, 0.4) is 0 Å². The number of nitrogens with zero attached hydrogens (tertiary/aromatic N) is 3. The first-order chi connectivity index (χ1) is 9.72. The molecule has 0 unspecified atom stereocenters. The van der Waals surface area contributed by atoms with Crippen molar-refractivity contribution in [2.45, 2.75) is 0 Å². The van der Waals surface area contributed by atoms with Crippen molar-refractivity contribution in [2.75, 3.05) is 19.0 Å². The molecule has 4 heteroatoms. The number of rotatable bonds is 3. The van der Waals surface area contributed by atoms with Gasteiger partial charge in [-0.1, -0.05) is 12.1 Å². The second-order valence-electron chi connectivity index (χ2n) is 4.69. The Hall–Kier alpha value is -2.62. The fourth-order valence-corrected chi connectivity index (χ4v) is 1.91. The van der Waals surface area contributed by atoms with Crippen molar-refractivity contribution in [1.82, 2.24) is 4.98 Å². The van der Waals surface area contributed by atoms with Crippen LogP contribution in [0.25, 0.3) is 11.1 Å². The van der Waals surface area contributed by atoms with E-state index in [1.165, 1.54) is 0 Å². The van der Waals surface area contributed by atoms with Gasteiger partial charge < -0.3 is 9.32 Å². The highest BCUT2D eigenvalue weighted by Crippen LogP contribution is 2.18. The lowest BCUT2D eigenvalue weighted by Crippen LogP contribution is -2.07. The van der Waals surface area contributed by atoms with E-state index in [4.69, 9.17) is 4.42 Å². The van der Waals surface area contributed by atoms with Gasteiger partial charge in [0.25, 0.3) is 0 Å². The van der Waals surface area contributed by atoms with Crippen LogP contribution in [0, 0.1) is 0 Å². The molecule has 0 radical (unpaired) electrons. The van der Waals surface area contributed by atoms with E-state index >= 15 is 0 Å². The zero-order chi connectivity index (χ0) is 13.9. The number of aliphatic imine (C=N–C) groups is 1. The third kappa shape index (κ3) is 2.54. The van der Waals surface area contributed by atoms with Crippen molar-refractivity contribution < 1.29 is 4.42 Å². The van der Waals surface area contributed by atoms with E-state index in [0.29, 0.717) is 5.89 Å². The number of fused-ring (bicyclic) bond motifs is 1. The van der Waals surface area contributed by atoms with Crippen LogP contribution < -0.4 is 4.90 Å². The van der Waals surface area contributed by atoms with Crippen LogP contribution in [0.1, 0.15) is 5.89 Å². The van der Waals surface area contributed by atoms with Crippen LogP contribution in [0.15, 0.2) is 57.9 Å². The summed E-state index contributed by atoms with van der Waals surface area (Å²) >= 11 is 0. The molecule has 0 atom stereocenters. The van der Waals surface area contributed by atoms with E-state index in [0.717, 1.165) is 22.5 Å². The highest BCUT2D eigenvalue weighted by Gasteiger charge is 2.01. The number of para-hydroxylation sites is 2. The molecule has 0 bridgehead atoms. The van der Waals surface area contributed by atoms with E-state index in [9.17, 15) is 0 Å². The molecule has 4 nitrogen and oxygen atoms in total. The van der Waals surface area contributed by atoms with Crippen LogP contribution in [0.2, 0.25) is 0 Å². The van der Waals surface area contributed by atoms with E-state index < -0.39 is 0 Å². The Morgan fingerprint density at radius 2 is 1.80 bits per heavy atom. The molecule has 0 saturated heterocycles. The molecule has 1 aromatic heterocycles. The molecule has 0 aliphatic heterocycles. The molecule has 0 saturated carbocycles. The van der Waals surface area contributed by atoms with Crippen LogP contribution in [0.4, 0.5) is 11.4 Å². The summed E-state index contributed by atoms with van der Waals surface area (Å²) in [5.74, 6) is 0.517. The van der Waals surface area contributed by atoms with E-state index in [2.05, 4.69) is 9.98 Å². The molecule has 2 aromatic carbocycles. The molecule has 1 heterocycles. The van der Waals surface area contributed by atoms with Gasteiger partial charge in [0.05, 0.1) is 11.9 Å². The predicted molar refractivity (Wildman–Crippen MR) is 82.0 cm³/mol. The highest BCUT2D eigenvalue weighted by molar-refractivity contribution is 5.82. The Morgan fingerprint density at radius 1 is 1.05 bits per heavy atom. The number of oxazole rings is 1. The first kappa shape index (κ1) is 12.4. The van der Waals surface area contributed by atoms with Gasteiger partial charge in [-0.25, -0.2) is 4.98 Å². The summed E-state index contributed by atoms with van der Waals surface area (Å²) in [6, 6.07) is 15.7. The SMILES string of the molecule is CN(C)c1ccc(N=Cc2nc3ccccc3o2)cc1. The molecule has 0 N–H and O–H groups in total. The smallest absolute Gasteiger partial charge is 0.238 e. The summed E-state index contributed by atoms with van der Waals surface area (Å²) in [5, 5.41) is 0. The van der Waals surface area contributed by atoms with Crippen LogP contribution in [0.5, 0.6) is 0 Å². The summed E-state index contributed by atoms with van der Waals surface area (Å²) < 4.78 is 5.58. The maximum atomic E-state index is 5.58. The van der Waals surface area contributed by atoms with Crippen LogP contribution in [-0.4, -0.2) is 25.3 Å². The molecular weight excluding hydrogens is 250 g/mol. The average molecular weight is 265 g/mol. The molecule has 0 aliphatic rings. The van der Waals surface area contributed by atoms with E-state index in [1.54, 1.807) is 6.21 Å². The first-order valence-electron chi connectivity index (χ1n) is 6.39. The molecule has 0 spiro atoms. The summed E-state index contributed by atoms with van der Waals surface area (Å²) in [5.41, 5.74) is 3.64. The van der Waals surface area contributed by atoms with Crippen LogP contribution >= 0.6 is 0 Å². The normalized spacial score (nSPS) is 11.3. The van der Waals surface area contributed by atoms with Crippen molar-refractivity contribution in [3.8, 4) is 0 Å². The first-order valence-corrected chi connectivity index (χ1v) is 6.39. The fraction of sp³-hybridized carbons (Fsp3) is 0.125. The zero-order valence-electron chi connectivity index (χ0n) is 11.4. The molecule has 0 aliphatic carbocycles. The van der Waals surface area contributed by atoms with Gasteiger partial charge in [-0.2, -0.15) is 0 Å². The minimum absolute atomic E-state index is 0.517. The van der Waals surface area contributed by atoms with E-state index in [1.807, 2.05) is 67.5 Å². The highest BCUT2D eigenvalue weighted by atomic mass is 16.3.